The number of nitrogens with zero attached hydrogens (tertiary/aromatic N) is 3. The quantitative estimate of drug-likeness (QED) is 0.644. The summed E-state index contributed by atoms with van der Waals surface area (Å²) in [6.07, 6.45) is 3.70. The van der Waals surface area contributed by atoms with Crippen molar-refractivity contribution in [1.29, 1.82) is 0 Å². The first-order valence-electron chi connectivity index (χ1n) is 9.74. The molecule has 6 nitrogen and oxygen atoms in total. The number of rotatable bonds is 3. The summed E-state index contributed by atoms with van der Waals surface area (Å²) < 4.78 is 0. The molecule has 2 N–H and O–H groups in total. The molecule has 0 aliphatic carbocycles. The van der Waals surface area contributed by atoms with E-state index in [-0.39, 0.29) is 11.3 Å². The van der Waals surface area contributed by atoms with E-state index in [1.54, 1.807) is 0 Å². The maximum Gasteiger partial charge on any atom is 0.220 e. The van der Waals surface area contributed by atoms with Crippen molar-refractivity contribution >= 4 is 22.8 Å². The van der Waals surface area contributed by atoms with E-state index in [1.807, 2.05) is 19.2 Å². The lowest BCUT2D eigenvalue weighted by molar-refractivity contribution is -0.119. The predicted molar refractivity (Wildman–Crippen MR) is 108 cm³/mol. The number of para-hydroxylation sites is 1. The number of aliphatic imine (C=N–C) groups is 1. The van der Waals surface area contributed by atoms with Crippen LogP contribution >= 0.6 is 0 Å². The minimum atomic E-state index is 0.0762. The van der Waals surface area contributed by atoms with Crippen LogP contribution in [0, 0.1) is 5.41 Å². The van der Waals surface area contributed by atoms with E-state index in [0.29, 0.717) is 6.42 Å². The molecular formula is C21H27N5O. The number of hydrogen-bond donors (Lipinski definition) is 2. The van der Waals surface area contributed by atoms with E-state index in [9.17, 15) is 4.79 Å². The maximum absolute atomic E-state index is 11.7. The van der Waals surface area contributed by atoms with Crippen LogP contribution in [0.5, 0.6) is 0 Å². The van der Waals surface area contributed by atoms with Gasteiger partial charge >= 0.3 is 0 Å². The highest BCUT2D eigenvalue weighted by molar-refractivity contribution is 5.82. The first-order chi connectivity index (χ1) is 13.2. The summed E-state index contributed by atoms with van der Waals surface area (Å²) in [4.78, 5) is 23.2. The van der Waals surface area contributed by atoms with Crippen molar-refractivity contribution in [2.75, 3.05) is 33.2 Å². The minimum Gasteiger partial charge on any atom is -0.356 e. The first kappa shape index (κ1) is 17.8. The number of fused-ring (bicyclic) bond motifs is 1. The fraction of sp³-hybridized carbons (Fsp3) is 0.476. The molecule has 1 unspecified atom stereocenters. The molecule has 4 rings (SSSR count). The lowest BCUT2D eigenvalue weighted by Gasteiger charge is -2.40. The number of likely N-dealkylation sites (tertiary alicyclic amines) is 1. The number of carbonyl (C=O) groups excluding carboxylic acids is 1. The number of pyridine rings is 1. The van der Waals surface area contributed by atoms with E-state index in [0.717, 1.165) is 62.6 Å². The zero-order valence-electron chi connectivity index (χ0n) is 15.9. The average Bonchev–Trinajstić information content (AvgIpc) is 3.04. The van der Waals surface area contributed by atoms with Crippen LogP contribution in [0.25, 0.3) is 10.9 Å². The van der Waals surface area contributed by atoms with Crippen LogP contribution in [0.3, 0.4) is 0 Å². The molecule has 0 bridgehead atoms. The fourth-order valence-electron chi connectivity index (χ4n) is 4.31. The fourth-order valence-corrected chi connectivity index (χ4v) is 4.31. The van der Waals surface area contributed by atoms with E-state index in [2.05, 4.69) is 44.8 Å². The van der Waals surface area contributed by atoms with Crippen molar-refractivity contribution in [3.8, 4) is 0 Å². The van der Waals surface area contributed by atoms with Gasteiger partial charge in [0.15, 0.2) is 5.96 Å². The standard InChI is InChI=1S/C21H27N5O/c1-22-20(26-12-4-10-21(15-26)13-19(27)24-14-21)23-11-9-17-8-7-16-5-2-3-6-18(16)25-17/h2-3,5-8H,4,9-15H2,1H3,(H,22,23)(H,24,27). The maximum atomic E-state index is 11.7. The Morgan fingerprint density at radius 3 is 3.04 bits per heavy atom. The third-order valence-corrected chi connectivity index (χ3v) is 5.69. The second kappa shape index (κ2) is 7.55. The molecule has 1 atom stereocenters. The Balaban J connectivity index is 1.35. The SMILES string of the molecule is CN=C(NCCc1ccc2ccccc2n1)N1CCCC2(CNC(=O)C2)C1. The number of carbonyl (C=O) groups is 1. The van der Waals surface area contributed by atoms with Gasteiger partial charge in [0, 0.05) is 62.6 Å². The van der Waals surface area contributed by atoms with E-state index >= 15 is 0 Å². The summed E-state index contributed by atoms with van der Waals surface area (Å²) in [5.41, 5.74) is 2.19. The molecule has 2 aliphatic rings. The third-order valence-electron chi connectivity index (χ3n) is 5.69. The molecule has 2 aliphatic heterocycles. The first-order valence-corrected chi connectivity index (χ1v) is 9.74. The molecule has 1 aromatic carbocycles. The van der Waals surface area contributed by atoms with Crippen LogP contribution in [0.4, 0.5) is 0 Å². The van der Waals surface area contributed by atoms with Crippen molar-refractivity contribution in [2.45, 2.75) is 25.7 Å². The van der Waals surface area contributed by atoms with Crippen molar-refractivity contribution in [2.24, 2.45) is 10.4 Å². The van der Waals surface area contributed by atoms with E-state index in [1.165, 1.54) is 5.39 Å². The van der Waals surface area contributed by atoms with E-state index < -0.39 is 0 Å². The number of nitrogens with one attached hydrogen (secondary N) is 2. The van der Waals surface area contributed by atoms with Crippen LogP contribution in [0.2, 0.25) is 0 Å². The summed E-state index contributed by atoms with van der Waals surface area (Å²) in [6, 6.07) is 12.4. The van der Waals surface area contributed by atoms with Crippen LogP contribution in [-0.2, 0) is 11.2 Å². The molecular weight excluding hydrogens is 338 g/mol. The monoisotopic (exact) mass is 365 g/mol. The molecule has 27 heavy (non-hydrogen) atoms. The highest BCUT2D eigenvalue weighted by Gasteiger charge is 2.42. The zero-order valence-corrected chi connectivity index (χ0v) is 15.9. The molecule has 142 valence electrons. The van der Waals surface area contributed by atoms with Crippen molar-refractivity contribution in [3.05, 3.63) is 42.1 Å². The van der Waals surface area contributed by atoms with Crippen LogP contribution in [0.1, 0.15) is 25.0 Å². The molecule has 2 aromatic rings. The molecule has 2 fully saturated rings. The van der Waals surface area contributed by atoms with Crippen molar-refractivity contribution in [1.82, 2.24) is 20.5 Å². The third kappa shape index (κ3) is 3.89. The summed E-state index contributed by atoms with van der Waals surface area (Å²) in [5.74, 6) is 1.11. The number of amides is 1. The number of benzene rings is 1. The van der Waals surface area contributed by atoms with Gasteiger partial charge < -0.3 is 15.5 Å². The number of guanidine groups is 1. The molecule has 1 aromatic heterocycles. The lowest BCUT2D eigenvalue weighted by Crippen LogP contribution is -2.51. The van der Waals surface area contributed by atoms with Gasteiger partial charge in [-0.3, -0.25) is 14.8 Å². The highest BCUT2D eigenvalue weighted by Crippen LogP contribution is 2.35. The largest absolute Gasteiger partial charge is 0.356 e. The predicted octanol–water partition coefficient (Wildman–Crippen LogP) is 1.95. The Hall–Kier alpha value is -2.63. The van der Waals surface area contributed by atoms with Gasteiger partial charge in [0.25, 0.3) is 0 Å². The Labute approximate surface area is 160 Å². The normalized spacial score (nSPS) is 23.1. The number of piperidine rings is 1. The molecule has 1 amide bonds. The Morgan fingerprint density at radius 1 is 1.33 bits per heavy atom. The Morgan fingerprint density at radius 2 is 2.22 bits per heavy atom. The van der Waals surface area contributed by atoms with Crippen molar-refractivity contribution < 1.29 is 4.79 Å². The molecule has 6 heteroatoms. The summed E-state index contributed by atoms with van der Waals surface area (Å²) in [6.45, 7) is 3.46. The van der Waals surface area contributed by atoms with Crippen LogP contribution in [0.15, 0.2) is 41.4 Å². The van der Waals surface area contributed by atoms with Gasteiger partial charge in [0.2, 0.25) is 5.91 Å². The summed E-state index contributed by atoms with van der Waals surface area (Å²) in [5, 5.41) is 7.66. The van der Waals surface area contributed by atoms with Gasteiger partial charge in [-0.05, 0) is 25.0 Å². The van der Waals surface area contributed by atoms with Crippen molar-refractivity contribution in [3.63, 3.8) is 0 Å². The second-order valence-corrected chi connectivity index (χ2v) is 7.70. The van der Waals surface area contributed by atoms with Gasteiger partial charge in [-0.25, -0.2) is 0 Å². The minimum absolute atomic E-state index is 0.0762. The topological polar surface area (TPSA) is 69.6 Å². The van der Waals surface area contributed by atoms with Gasteiger partial charge in [0.05, 0.1) is 5.52 Å². The summed E-state index contributed by atoms with van der Waals surface area (Å²) >= 11 is 0. The Bertz CT molecular complexity index is 865. The molecule has 3 heterocycles. The summed E-state index contributed by atoms with van der Waals surface area (Å²) in [7, 11) is 1.83. The van der Waals surface area contributed by atoms with Gasteiger partial charge in [0.1, 0.15) is 0 Å². The average molecular weight is 365 g/mol. The van der Waals surface area contributed by atoms with E-state index in [4.69, 9.17) is 4.98 Å². The smallest absolute Gasteiger partial charge is 0.220 e. The molecule has 0 saturated carbocycles. The van der Waals surface area contributed by atoms with Crippen LogP contribution < -0.4 is 10.6 Å². The lowest BCUT2D eigenvalue weighted by atomic mass is 9.79. The molecule has 1 spiro atoms. The van der Waals surface area contributed by atoms with Gasteiger partial charge in [-0.2, -0.15) is 0 Å². The number of hydrogen-bond acceptors (Lipinski definition) is 3. The van der Waals surface area contributed by atoms with Gasteiger partial charge in [-0.15, -0.1) is 0 Å². The second-order valence-electron chi connectivity index (χ2n) is 7.70. The highest BCUT2D eigenvalue weighted by atomic mass is 16.1. The number of aromatic nitrogens is 1. The Kier molecular flexibility index (Phi) is 4.97. The zero-order chi connectivity index (χ0) is 18.7. The van der Waals surface area contributed by atoms with Crippen LogP contribution in [-0.4, -0.2) is 55.0 Å². The van der Waals surface area contributed by atoms with Gasteiger partial charge in [-0.1, -0.05) is 24.3 Å². The molecule has 0 radical (unpaired) electrons. The molecule has 2 saturated heterocycles.